The smallest absolute Gasteiger partial charge is 0.127 e. The van der Waals surface area contributed by atoms with Gasteiger partial charge in [-0.15, -0.1) is 0 Å². The van der Waals surface area contributed by atoms with Crippen LogP contribution >= 0.6 is 0 Å². The second-order valence-corrected chi connectivity index (χ2v) is 4.52. The third-order valence-corrected chi connectivity index (χ3v) is 3.28. The first-order valence-corrected chi connectivity index (χ1v) is 5.69. The SMILES string of the molecule is CCC(C)(N)c1cccc2c1OCCC2. The van der Waals surface area contributed by atoms with E-state index in [-0.39, 0.29) is 5.54 Å². The molecule has 0 spiro atoms. The molecular formula is C13H19NO. The van der Waals surface area contributed by atoms with Gasteiger partial charge in [-0.05, 0) is 31.7 Å². The van der Waals surface area contributed by atoms with Gasteiger partial charge in [0.05, 0.1) is 6.61 Å². The minimum absolute atomic E-state index is 0.275. The molecule has 1 heterocycles. The fourth-order valence-electron chi connectivity index (χ4n) is 2.03. The van der Waals surface area contributed by atoms with Crippen molar-refractivity contribution in [1.29, 1.82) is 0 Å². The molecule has 1 aliphatic rings. The highest BCUT2D eigenvalue weighted by Gasteiger charge is 2.25. The lowest BCUT2D eigenvalue weighted by molar-refractivity contribution is 0.277. The molecule has 1 atom stereocenters. The molecule has 0 fully saturated rings. The Morgan fingerprint density at radius 2 is 2.27 bits per heavy atom. The van der Waals surface area contributed by atoms with E-state index in [0.717, 1.165) is 37.2 Å². The van der Waals surface area contributed by atoms with Crippen LogP contribution in [0.4, 0.5) is 0 Å². The average Bonchev–Trinajstić information content (AvgIpc) is 2.28. The molecule has 0 bridgehead atoms. The summed E-state index contributed by atoms with van der Waals surface area (Å²) < 4.78 is 5.76. The number of rotatable bonds is 2. The van der Waals surface area contributed by atoms with E-state index in [0.29, 0.717) is 0 Å². The van der Waals surface area contributed by atoms with Crippen molar-refractivity contribution in [2.75, 3.05) is 6.61 Å². The monoisotopic (exact) mass is 205 g/mol. The van der Waals surface area contributed by atoms with Crippen molar-refractivity contribution in [1.82, 2.24) is 0 Å². The standard InChI is InChI=1S/C13H19NO/c1-3-13(2,14)11-8-4-6-10-7-5-9-15-12(10)11/h4,6,8H,3,5,7,9,14H2,1-2H3. The van der Waals surface area contributed by atoms with Gasteiger partial charge in [-0.3, -0.25) is 0 Å². The van der Waals surface area contributed by atoms with Gasteiger partial charge in [-0.1, -0.05) is 25.1 Å². The predicted molar refractivity (Wildman–Crippen MR) is 62.1 cm³/mol. The van der Waals surface area contributed by atoms with E-state index in [1.54, 1.807) is 0 Å². The molecular weight excluding hydrogens is 186 g/mol. The topological polar surface area (TPSA) is 35.2 Å². The van der Waals surface area contributed by atoms with Crippen molar-refractivity contribution in [2.24, 2.45) is 5.73 Å². The number of hydrogen-bond acceptors (Lipinski definition) is 2. The fraction of sp³-hybridized carbons (Fsp3) is 0.538. The molecule has 1 unspecified atom stereocenters. The minimum atomic E-state index is -0.275. The van der Waals surface area contributed by atoms with Crippen molar-refractivity contribution in [3.05, 3.63) is 29.3 Å². The lowest BCUT2D eigenvalue weighted by atomic mass is 9.87. The van der Waals surface area contributed by atoms with Crippen molar-refractivity contribution in [2.45, 2.75) is 38.6 Å². The highest BCUT2D eigenvalue weighted by Crippen LogP contribution is 2.35. The number of benzene rings is 1. The van der Waals surface area contributed by atoms with E-state index in [9.17, 15) is 0 Å². The van der Waals surface area contributed by atoms with Gasteiger partial charge in [0.25, 0.3) is 0 Å². The van der Waals surface area contributed by atoms with E-state index in [1.165, 1.54) is 5.56 Å². The summed E-state index contributed by atoms with van der Waals surface area (Å²) in [6.07, 6.45) is 3.15. The highest BCUT2D eigenvalue weighted by molar-refractivity contribution is 5.46. The molecule has 0 saturated heterocycles. The van der Waals surface area contributed by atoms with Crippen LogP contribution in [0.1, 0.15) is 37.8 Å². The lowest BCUT2D eigenvalue weighted by Gasteiger charge is -2.29. The molecule has 2 nitrogen and oxygen atoms in total. The first-order valence-electron chi connectivity index (χ1n) is 5.69. The second-order valence-electron chi connectivity index (χ2n) is 4.52. The van der Waals surface area contributed by atoms with Crippen molar-refractivity contribution < 1.29 is 4.74 Å². The molecule has 2 heteroatoms. The molecule has 1 aliphatic heterocycles. The first-order chi connectivity index (χ1) is 7.15. The Bertz CT molecular complexity index is 358. The van der Waals surface area contributed by atoms with Gasteiger partial charge in [0.1, 0.15) is 5.75 Å². The largest absolute Gasteiger partial charge is 0.493 e. The Kier molecular flexibility index (Phi) is 2.70. The quantitative estimate of drug-likeness (QED) is 0.805. The fourth-order valence-corrected chi connectivity index (χ4v) is 2.03. The van der Waals surface area contributed by atoms with Crippen LogP contribution < -0.4 is 10.5 Å². The van der Waals surface area contributed by atoms with E-state index in [2.05, 4.69) is 32.0 Å². The van der Waals surface area contributed by atoms with Gasteiger partial charge in [0.2, 0.25) is 0 Å². The summed E-state index contributed by atoms with van der Waals surface area (Å²) in [5, 5.41) is 0. The zero-order valence-corrected chi connectivity index (χ0v) is 9.55. The van der Waals surface area contributed by atoms with Crippen molar-refractivity contribution in [3.63, 3.8) is 0 Å². The molecule has 1 aromatic carbocycles. The van der Waals surface area contributed by atoms with Crippen LogP contribution in [0, 0.1) is 0 Å². The summed E-state index contributed by atoms with van der Waals surface area (Å²) in [4.78, 5) is 0. The lowest BCUT2D eigenvalue weighted by Crippen LogP contribution is -2.33. The van der Waals surface area contributed by atoms with Crippen LogP contribution in [0.5, 0.6) is 5.75 Å². The number of nitrogens with two attached hydrogens (primary N) is 1. The Labute approximate surface area is 91.4 Å². The van der Waals surface area contributed by atoms with Crippen molar-refractivity contribution in [3.8, 4) is 5.75 Å². The van der Waals surface area contributed by atoms with E-state index < -0.39 is 0 Å². The molecule has 0 saturated carbocycles. The molecule has 2 rings (SSSR count). The molecule has 0 aromatic heterocycles. The summed E-state index contributed by atoms with van der Waals surface area (Å²) in [5.74, 6) is 1.04. The van der Waals surface area contributed by atoms with Gasteiger partial charge in [0, 0.05) is 11.1 Å². The molecule has 82 valence electrons. The predicted octanol–water partition coefficient (Wildman–Crippen LogP) is 2.60. The average molecular weight is 205 g/mol. The maximum atomic E-state index is 6.28. The maximum Gasteiger partial charge on any atom is 0.127 e. The summed E-state index contributed by atoms with van der Waals surface area (Å²) in [5.41, 5.74) is 8.47. The van der Waals surface area contributed by atoms with Crippen LogP contribution in [-0.4, -0.2) is 6.61 Å². The van der Waals surface area contributed by atoms with Crippen LogP contribution in [0.2, 0.25) is 0 Å². The maximum absolute atomic E-state index is 6.28. The van der Waals surface area contributed by atoms with E-state index in [4.69, 9.17) is 10.5 Å². The highest BCUT2D eigenvalue weighted by atomic mass is 16.5. The molecule has 0 radical (unpaired) electrons. The van der Waals surface area contributed by atoms with Gasteiger partial charge in [-0.25, -0.2) is 0 Å². The number of hydrogen-bond donors (Lipinski definition) is 1. The number of para-hydroxylation sites is 1. The van der Waals surface area contributed by atoms with Crippen molar-refractivity contribution >= 4 is 0 Å². The number of fused-ring (bicyclic) bond motifs is 1. The summed E-state index contributed by atoms with van der Waals surface area (Å²) in [6, 6.07) is 6.32. The summed E-state index contributed by atoms with van der Waals surface area (Å²) >= 11 is 0. The van der Waals surface area contributed by atoms with Crippen LogP contribution in [0.25, 0.3) is 0 Å². The Hall–Kier alpha value is -1.02. The zero-order chi connectivity index (χ0) is 10.9. The molecule has 1 aromatic rings. The molecule has 15 heavy (non-hydrogen) atoms. The van der Waals surface area contributed by atoms with E-state index in [1.807, 2.05) is 0 Å². The summed E-state index contributed by atoms with van der Waals surface area (Å²) in [7, 11) is 0. The third-order valence-electron chi connectivity index (χ3n) is 3.28. The molecule has 0 aliphatic carbocycles. The van der Waals surface area contributed by atoms with Gasteiger partial charge < -0.3 is 10.5 Å². The normalized spacial score (nSPS) is 18.9. The van der Waals surface area contributed by atoms with Crippen LogP contribution in [-0.2, 0) is 12.0 Å². The van der Waals surface area contributed by atoms with Crippen LogP contribution in [0.15, 0.2) is 18.2 Å². The summed E-state index contributed by atoms with van der Waals surface area (Å²) in [6.45, 7) is 5.01. The van der Waals surface area contributed by atoms with E-state index >= 15 is 0 Å². The Balaban J connectivity index is 2.48. The van der Waals surface area contributed by atoms with Gasteiger partial charge in [-0.2, -0.15) is 0 Å². The number of aryl methyl sites for hydroxylation is 1. The Morgan fingerprint density at radius 1 is 1.47 bits per heavy atom. The molecule has 0 amide bonds. The molecule has 2 N–H and O–H groups in total. The first kappa shape index (κ1) is 10.5. The number of ether oxygens (including phenoxy) is 1. The Morgan fingerprint density at radius 3 is 3.00 bits per heavy atom. The van der Waals surface area contributed by atoms with Gasteiger partial charge >= 0.3 is 0 Å². The minimum Gasteiger partial charge on any atom is -0.493 e. The zero-order valence-electron chi connectivity index (χ0n) is 9.55. The van der Waals surface area contributed by atoms with Crippen LogP contribution in [0.3, 0.4) is 0 Å². The second kappa shape index (κ2) is 3.86. The van der Waals surface area contributed by atoms with Gasteiger partial charge in [0.15, 0.2) is 0 Å². The third kappa shape index (κ3) is 1.86.